The fraction of sp³-hybridized carbons (Fsp3) is 0.947. The topological polar surface area (TPSA) is 97.7 Å². The summed E-state index contributed by atoms with van der Waals surface area (Å²) in [6.07, 6.45) is 47.4. The Hall–Kier alpha value is -0.556. The first-order chi connectivity index (χ1) is 30.8. The first kappa shape index (κ1) is 63.4. The number of unbranched alkanes of at least 4 members (excludes halogenated alkanes) is 33. The molecule has 1 unspecified atom stereocenters. The molecule has 6 nitrogen and oxygen atoms in total. The predicted molar refractivity (Wildman–Crippen MR) is 269 cm³/mol. The van der Waals surface area contributed by atoms with Gasteiger partial charge in [0.05, 0.1) is 0 Å². The molecule has 378 valence electrons. The quantitative estimate of drug-likeness (QED) is 0.0371. The second-order valence-corrected chi connectivity index (χ2v) is 22.9. The first-order valence-corrected chi connectivity index (χ1v) is 30.3. The van der Waals surface area contributed by atoms with Crippen LogP contribution in [0.3, 0.4) is 0 Å². The zero-order chi connectivity index (χ0) is 47.5. The Kier molecular flexibility index (Phi) is 44.5. The molecule has 0 amide bonds. The summed E-state index contributed by atoms with van der Waals surface area (Å²) in [5, 5.41) is 0. The summed E-state index contributed by atoms with van der Waals surface area (Å²) in [5.74, 6) is 0.180. The van der Waals surface area contributed by atoms with Crippen LogP contribution in [0.5, 0.6) is 0 Å². The van der Waals surface area contributed by atoms with E-state index in [4.69, 9.17) is 3.32 Å². The van der Waals surface area contributed by atoms with Crippen molar-refractivity contribution >= 4 is 17.3 Å². The molecule has 0 rings (SSSR count). The molecule has 0 aliphatic heterocycles. The zero-order valence-electron chi connectivity index (χ0n) is 44.0. The zero-order valence-corrected chi connectivity index (χ0v) is 45.6. The third kappa shape index (κ3) is 39.4. The summed E-state index contributed by atoms with van der Waals surface area (Å²) in [7, 11) is 0. The second kappa shape index (κ2) is 44.9. The normalized spacial score (nSPS) is 12.9. The molecular weight excluding hydrogens is 828 g/mol. The van der Waals surface area contributed by atoms with Gasteiger partial charge in [-0.3, -0.25) is 0 Å². The molecular formula is C57H110O6Ti. The fourth-order valence-corrected chi connectivity index (χ4v) is 10.6. The van der Waals surface area contributed by atoms with Crippen molar-refractivity contribution in [2.75, 3.05) is 0 Å². The molecule has 0 saturated heterocycles. The summed E-state index contributed by atoms with van der Waals surface area (Å²) in [4.78, 5) is 42.0. The van der Waals surface area contributed by atoms with Gasteiger partial charge in [0.25, 0.3) is 0 Å². The SMILES string of the molecule is CC(C)CCCCCCCCCCCCCCC(=O)C(C(=O)CCCCCCCCCCCCCCC(C)C)C(C)([O][Ti](=[O])[OH])C(=O)CCCCCCCCCCCCCCC(C)C. The van der Waals surface area contributed by atoms with Crippen LogP contribution in [0.2, 0.25) is 0 Å². The minimum Gasteiger partial charge on any atom is -0.0628 e. The minimum absolute atomic E-state index is 0.159. The van der Waals surface area contributed by atoms with Crippen molar-refractivity contribution in [2.24, 2.45) is 23.7 Å². The Bertz CT molecular complexity index is 1060. The molecule has 0 aliphatic carbocycles. The number of hydrogen-bond donors (Lipinski definition) is 1. The smallest absolute Gasteiger partial charge is 0.0628 e. The van der Waals surface area contributed by atoms with Gasteiger partial charge in [0.15, 0.2) is 0 Å². The molecule has 0 aromatic carbocycles. The molecule has 0 radical (unpaired) electrons. The third-order valence-corrected chi connectivity index (χ3v) is 14.8. The number of ketones is 3. The van der Waals surface area contributed by atoms with Crippen LogP contribution in [-0.4, -0.2) is 26.6 Å². The molecule has 64 heavy (non-hydrogen) atoms. The van der Waals surface area contributed by atoms with E-state index in [-0.39, 0.29) is 36.6 Å². The molecule has 0 saturated carbocycles. The number of Topliss-reactive ketones (excluding diaryl/α,β-unsaturated/α-hetero) is 3. The molecule has 0 aromatic rings. The number of hydrogen-bond acceptors (Lipinski definition) is 5. The first-order valence-electron chi connectivity index (χ1n) is 28.3. The van der Waals surface area contributed by atoms with E-state index in [1.165, 1.54) is 180 Å². The maximum absolute atomic E-state index is 14.0. The van der Waals surface area contributed by atoms with E-state index < -0.39 is 30.1 Å². The van der Waals surface area contributed by atoms with Gasteiger partial charge in [-0.15, -0.1) is 0 Å². The van der Waals surface area contributed by atoms with Crippen LogP contribution in [0.1, 0.15) is 318 Å². The minimum atomic E-state index is -4.28. The summed E-state index contributed by atoms with van der Waals surface area (Å²) in [6.45, 7) is 15.3. The summed E-state index contributed by atoms with van der Waals surface area (Å²) in [6, 6.07) is 0. The van der Waals surface area contributed by atoms with Crippen LogP contribution in [0.15, 0.2) is 0 Å². The van der Waals surface area contributed by atoms with E-state index in [0.717, 1.165) is 75.5 Å². The van der Waals surface area contributed by atoms with Crippen molar-refractivity contribution in [3.8, 4) is 0 Å². The predicted octanol–water partition coefficient (Wildman–Crippen LogP) is 18.2. The average Bonchev–Trinajstić information content (AvgIpc) is 3.23. The van der Waals surface area contributed by atoms with Crippen molar-refractivity contribution in [1.82, 2.24) is 0 Å². The van der Waals surface area contributed by atoms with Gasteiger partial charge < -0.3 is 0 Å². The van der Waals surface area contributed by atoms with Crippen LogP contribution in [0.4, 0.5) is 0 Å². The van der Waals surface area contributed by atoms with Crippen LogP contribution >= 0.6 is 0 Å². The van der Waals surface area contributed by atoms with E-state index >= 15 is 0 Å². The molecule has 1 N–H and O–H groups in total. The van der Waals surface area contributed by atoms with Gasteiger partial charge >= 0.3 is 240 Å². The van der Waals surface area contributed by atoms with Crippen molar-refractivity contribution in [2.45, 2.75) is 324 Å². The Morgan fingerprint density at radius 3 is 0.797 bits per heavy atom. The van der Waals surface area contributed by atoms with Gasteiger partial charge in [-0.2, -0.15) is 0 Å². The molecule has 1 atom stereocenters. The van der Waals surface area contributed by atoms with E-state index in [1.54, 1.807) is 0 Å². The van der Waals surface area contributed by atoms with Crippen molar-refractivity contribution in [1.29, 1.82) is 0 Å². The summed E-state index contributed by atoms with van der Waals surface area (Å²) in [5.41, 5.74) is -1.88. The molecule has 0 bridgehead atoms. The summed E-state index contributed by atoms with van der Waals surface area (Å²) >= 11 is -4.28. The average molecular weight is 939 g/mol. The Morgan fingerprint density at radius 2 is 0.578 bits per heavy atom. The van der Waals surface area contributed by atoms with Gasteiger partial charge in [0.2, 0.25) is 0 Å². The summed E-state index contributed by atoms with van der Waals surface area (Å²) < 4.78 is 28.1. The Morgan fingerprint density at radius 1 is 0.375 bits per heavy atom. The molecule has 0 fully saturated rings. The van der Waals surface area contributed by atoms with Crippen LogP contribution in [0.25, 0.3) is 0 Å². The fourth-order valence-electron chi connectivity index (χ4n) is 9.63. The van der Waals surface area contributed by atoms with Crippen LogP contribution in [0, 0.1) is 23.7 Å². The molecule has 0 spiro atoms. The standard InChI is InChI=1S/C57H109O4.H2O.O.Ti/c1-50(2)44-38-32-26-20-14-8-11-17-23-29-35-41-47-53(58)56(54(59)48-42-36-30-24-18-12-9-15-21-27-33-39-45-51(3)4)57(7,61)55(60)49-43-37-31-25-19-13-10-16-22-28-34-40-46-52(5)6;;;/h50-52,56H,8-49H2,1-7H3;1H2;;/q-1;;;+2/p-1. The van der Waals surface area contributed by atoms with E-state index in [0.29, 0.717) is 19.3 Å². The van der Waals surface area contributed by atoms with E-state index in [2.05, 4.69) is 41.5 Å². The Balaban J connectivity index is 4.96. The molecule has 0 heterocycles. The van der Waals surface area contributed by atoms with Crippen molar-refractivity contribution < 1.29 is 43.3 Å². The van der Waals surface area contributed by atoms with Crippen LogP contribution < -0.4 is 0 Å². The third-order valence-electron chi connectivity index (χ3n) is 13.9. The molecule has 7 heteroatoms. The van der Waals surface area contributed by atoms with Gasteiger partial charge in [-0.05, 0) is 17.8 Å². The maximum atomic E-state index is 14.0. The van der Waals surface area contributed by atoms with E-state index in [1.807, 2.05) is 0 Å². The monoisotopic (exact) mass is 939 g/mol. The number of carbonyl (C=O) groups excluding carboxylic acids is 3. The van der Waals surface area contributed by atoms with Gasteiger partial charge in [0.1, 0.15) is 0 Å². The van der Waals surface area contributed by atoms with Crippen molar-refractivity contribution in [3.63, 3.8) is 0 Å². The molecule has 0 aliphatic rings. The number of rotatable bonds is 51. The molecule has 0 aromatic heterocycles. The van der Waals surface area contributed by atoms with Gasteiger partial charge in [-0.25, -0.2) is 0 Å². The second-order valence-electron chi connectivity index (χ2n) is 21.8. The van der Waals surface area contributed by atoms with Crippen LogP contribution in [-0.2, 0) is 39.6 Å². The Labute approximate surface area is 406 Å². The van der Waals surface area contributed by atoms with Gasteiger partial charge in [-0.1, -0.05) is 151 Å². The van der Waals surface area contributed by atoms with Crippen molar-refractivity contribution in [3.05, 3.63) is 0 Å². The number of carbonyl (C=O) groups is 3. The van der Waals surface area contributed by atoms with Gasteiger partial charge in [0, 0.05) is 0 Å². The van der Waals surface area contributed by atoms with E-state index in [9.17, 15) is 21.4 Å².